The van der Waals surface area contributed by atoms with Gasteiger partial charge in [0, 0.05) is 6.04 Å². The molecule has 2 N–H and O–H groups in total. The molecule has 1 heterocycles. The summed E-state index contributed by atoms with van der Waals surface area (Å²) in [6.45, 7) is 7.15. The molecule has 1 rings (SSSR count). The van der Waals surface area contributed by atoms with E-state index in [1.54, 1.807) is 13.0 Å². The second-order valence-electron chi connectivity index (χ2n) is 4.14. The maximum absolute atomic E-state index is 11.7. The predicted molar refractivity (Wildman–Crippen MR) is 62.2 cm³/mol. The number of hydrogen-bond donors (Lipinski definition) is 2. The fourth-order valence-electron chi connectivity index (χ4n) is 1.76. The first kappa shape index (κ1) is 12.7. The van der Waals surface area contributed by atoms with Gasteiger partial charge in [-0.3, -0.25) is 0 Å². The molecule has 15 heavy (non-hydrogen) atoms. The molecule has 88 valence electrons. The van der Waals surface area contributed by atoms with E-state index in [2.05, 4.69) is 16.6 Å². The van der Waals surface area contributed by atoms with E-state index in [0.29, 0.717) is 0 Å². The molecule has 1 aliphatic heterocycles. The zero-order valence-electron chi connectivity index (χ0n) is 9.20. The second kappa shape index (κ2) is 5.63. The van der Waals surface area contributed by atoms with Gasteiger partial charge in [-0.2, -0.15) is 0 Å². The molecule has 0 aromatic heterocycles. The molecule has 0 radical (unpaired) electrons. The minimum atomic E-state index is -3.15. The normalized spacial score (nSPS) is 24.7. The highest BCUT2D eigenvalue weighted by molar-refractivity contribution is 7.89. The van der Waals surface area contributed by atoms with E-state index in [-0.39, 0.29) is 17.7 Å². The van der Waals surface area contributed by atoms with Crippen molar-refractivity contribution in [2.24, 2.45) is 5.92 Å². The summed E-state index contributed by atoms with van der Waals surface area (Å²) in [6.07, 6.45) is 3.66. The first-order valence-electron chi connectivity index (χ1n) is 5.37. The van der Waals surface area contributed by atoms with Gasteiger partial charge < -0.3 is 5.32 Å². The van der Waals surface area contributed by atoms with Crippen molar-refractivity contribution in [2.75, 3.05) is 18.8 Å². The third-order valence-corrected chi connectivity index (χ3v) is 4.21. The van der Waals surface area contributed by atoms with Crippen molar-refractivity contribution < 1.29 is 8.42 Å². The maximum Gasteiger partial charge on any atom is 0.212 e. The molecule has 5 heteroatoms. The van der Waals surface area contributed by atoms with Crippen molar-refractivity contribution in [3.05, 3.63) is 12.7 Å². The summed E-state index contributed by atoms with van der Waals surface area (Å²) in [4.78, 5) is 0. The van der Waals surface area contributed by atoms with Gasteiger partial charge in [-0.25, -0.2) is 13.1 Å². The minimum absolute atomic E-state index is 0.188. The van der Waals surface area contributed by atoms with Crippen LogP contribution in [-0.4, -0.2) is 33.3 Å². The summed E-state index contributed by atoms with van der Waals surface area (Å²) in [5, 5.41) is 3.21. The van der Waals surface area contributed by atoms with Crippen molar-refractivity contribution >= 4 is 10.0 Å². The Labute approximate surface area is 92.2 Å². The molecule has 0 aromatic carbocycles. The minimum Gasteiger partial charge on any atom is -0.316 e. The Morgan fingerprint density at radius 3 is 2.93 bits per heavy atom. The first-order valence-corrected chi connectivity index (χ1v) is 7.02. The zero-order chi connectivity index (χ0) is 11.3. The molecule has 0 spiro atoms. The van der Waals surface area contributed by atoms with Crippen LogP contribution in [0.2, 0.25) is 0 Å². The summed E-state index contributed by atoms with van der Waals surface area (Å²) in [5.74, 6) is 0.464. The lowest BCUT2D eigenvalue weighted by Gasteiger charge is -2.23. The van der Waals surface area contributed by atoms with Crippen molar-refractivity contribution in [3.8, 4) is 0 Å². The highest BCUT2D eigenvalue weighted by Crippen LogP contribution is 2.12. The van der Waals surface area contributed by atoms with Crippen LogP contribution in [0.1, 0.15) is 19.8 Å². The van der Waals surface area contributed by atoms with Crippen molar-refractivity contribution in [1.29, 1.82) is 0 Å². The summed E-state index contributed by atoms with van der Waals surface area (Å²) in [6, 6.07) is -0.188. The van der Waals surface area contributed by atoms with Crippen LogP contribution in [0.15, 0.2) is 12.7 Å². The Hall–Kier alpha value is -0.390. The Bertz CT molecular complexity index is 295. The molecule has 1 fully saturated rings. The van der Waals surface area contributed by atoms with Crippen LogP contribution in [-0.2, 0) is 10.0 Å². The van der Waals surface area contributed by atoms with Gasteiger partial charge in [-0.1, -0.05) is 6.08 Å². The molecule has 2 unspecified atom stereocenters. The Morgan fingerprint density at radius 2 is 2.40 bits per heavy atom. The van der Waals surface area contributed by atoms with E-state index in [4.69, 9.17) is 0 Å². The molecule has 0 bridgehead atoms. The summed E-state index contributed by atoms with van der Waals surface area (Å²) < 4.78 is 25.9. The van der Waals surface area contributed by atoms with Crippen molar-refractivity contribution in [2.45, 2.75) is 25.8 Å². The van der Waals surface area contributed by atoms with Gasteiger partial charge in [0.15, 0.2) is 0 Å². The van der Waals surface area contributed by atoms with E-state index in [1.807, 2.05) is 0 Å². The van der Waals surface area contributed by atoms with Crippen LogP contribution in [0.25, 0.3) is 0 Å². The number of piperidine rings is 1. The lowest BCUT2D eigenvalue weighted by Crippen LogP contribution is -2.39. The van der Waals surface area contributed by atoms with Gasteiger partial charge in [0.25, 0.3) is 0 Å². The molecule has 0 aromatic rings. The van der Waals surface area contributed by atoms with Gasteiger partial charge in [0.1, 0.15) is 0 Å². The van der Waals surface area contributed by atoms with Crippen LogP contribution < -0.4 is 10.0 Å². The van der Waals surface area contributed by atoms with Crippen LogP contribution in [0.5, 0.6) is 0 Å². The third kappa shape index (κ3) is 4.77. The molecule has 0 aliphatic carbocycles. The molecule has 1 saturated heterocycles. The van der Waals surface area contributed by atoms with Crippen LogP contribution >= 0.6 is 0 Å². The first-order chi connectivity index (χ1) is 7.03. The lowest BCUT2D eigenvalue weighted by molar-refractivity contribution is 0.402. The van der Waals surface area contributed by atoms with Gasteiger partial charge in [-0.15, -0.1) is 6.58 Å². The van der Waals surface area contributed by atoms with Crippen molar-refractivity contribution in [1.82, 2.24) is 10.0 Å². The fraction of sp³-hybridized carbons (Fsp3) is 0.800. The lowest BCUT2D eigenvalue weighted by atomic mass is 10.0. The summed E-state index contributed by atoms with van der Waals surface area (Å²) >= 11 is 0. The molecule has 1 aliphatic rings. The zero-order valence-corrected chi connectivity index (χ0v) is 10.0. The van der Waals surface area contributed by atoms with E-state index >= 15 is 0 Å². The smallest absolute Gasteiger partial charge is 0.212 e. The average molecular weight is 232 g/mol. The number of rotatable bonds is 5. The SMILES string of the molecule is C=CC(C)NS(=O)(=O)CC1CCCNC1. The Kier molecular flexibility index (Phi) is 4.76. The standard InChI is InChI=1S/C10H20N2O2S/c1-3-9(2)12-15(13,14)8-10-5-4-6-11-7-10/h3,9-12H,1,4-8H2,2H3. The van der Waals surface area contributed by atoms with Gasteiger partial charge in [0.2, 0.25) is 10.0 Å². The van der Waals surface area contributed by atoms with Gasteiger partial charge in [-0.05, 0) is 38.8 Å². The second-order valence-corrected chi connectivity index (χ2v) is 5.93. The number of hydrogen-bond acceptors (Lipinski definition) is 3. The van der Waals surface area contributed by atoms with Crippen LogP contribution in [0.4, 0.5) is 0 Å². The van der Waals surface area contributed by atoms with Gasteiger partial charge >= 0.3 is 0 Å². The molecule has 2 atom stereocenters. The van der Waals surface area contributed by atoms with Crippen LogP contribution in [0.3, 0.4) is 0 Å². The topological polar surface area (TPSA) is 58.2 Å². The van der Waals surface area contributed by atoms with E-state index in [9.17, 15) is 8.42 Å². The highest BCUT2D eigenvalue weighted by Gasteiger charge is 2.21. The summed E-state index contributed by atoms with van der Waals surface area (Å²) in [7, 11) is -3.15. The van der Waals surface area contributed by atoms with E-state index in [1.165, 1.54) is 0 Å². The Balaban J connectivity index is 2.44. The predicted octanol–water partition coefficient (Wildman–Crippen LogP) is 0.480. The number of sulfonamides is 1. The van der Waals surface area contributed by atoms with Crippen LogP contribution in [0, 0.1) is 5.92 Å². The third-order valence-electron chi connectivity index (χ3n) is 2.57. The molecule has 0 saturated carbocycles. The largest absolute Gasteiger partial charge is 0.316 e. The van der Waals surface area contributed by atoms with Crippen molar-refractivity contribution in [3.63, 3.8) is 0 Å². The summed E-state index contributed by atoms with van der Waals surface area (Å²) in [5.41, 5.74) is 0. The fourth-order valence-corrected chi connectivity index (χ4v) is 3.42. The Morgan fingerprint density at radius 1 is 1.67 bits per heavy atom. The quantitative estimate of drug-likeness (QED) is 0.678. The molecule has 0 amide bonds. The molecular weight excluding hydrogens is 212 g/mol. The molecular formula is C10H20N2O2S. The maximum atomic E-state index is 11.7. The van der Waals surface area contributed by atoms with E-state index in [0.717, 1.165) is 25.9 Å². The average Bonchev–Trinajstić information content (AvgIpc) is 2.17. The molecule has 4 nitrogen and oxygen atoms in total. The van der Waals surface area contributed by atoms with E-state index < -0.39 is 10.0 Å². The van der Waals surface area contributed by atoms with Gasteiger partial charge in [0.05, 0.1) is 5.75 Å². The monoisotopic (exact) mass is 232 g/mol. The highest BCUT2D eigenvalue weighted by atomic mass is 32.2. The number of nitrogens with one attached hydrogen (secondary N) is 2.